The van der Waals surface area contributed by atoms with E-state index in [0.717, 1.165) is 35.1 Å². The molecule has 216 valence electrons. The van der Waals surface area contributed by atoms with Crippen LogP contribution in [0.2, 0.25) is 0 Å². The number of amides is 1. The molecule has 1 aliphatic heterocycles. The third-order valence-electron chi connectivity index (χ3n) is 7.40. The van der Waals surface area contributed by atoms with E-state index in [2.05, 4.69) is 38.2 Å². The van der Waals surface area contributed by atoms with Crippen LogP contribution in [0.1, 0.15) is 55.1 Å². The van der Waals surface area contributed by atoms with Crippen molar-refractivity contribution in [3.05, 3.63) is 124 Å². The lowest BCUT2D eigenvalue weighted by Crippen LogP contribution is -2.35. The summed E-state index contributed by atoms with van der Waals surface area (Å²) in [6, 6.07) is 13.3. The molecule has 1 N–H and O–H groups in total. The van der Waals surface area contributed by atoms with Crippen LogP contribution in [0.25, 0.3) is 11.3 Å². The van der Waals surface area contributed by atoms with Crippen molar-refractivity contribution in [3.8, 4) is 11.3 Å². The van der Waals surface area contributed by atoms with E-state index >= 15 is 0 Å². The van der Waals surface area contributed by atoms with Crippen molar-refractivity contribution in [2.75, 3.05) is 16.8 Å². The minimum Gasteiger partial charge on any atom is -0.464 e. The number of carbonyl (C=O) groups excluding carboxylic acids is 1. The minimum absolute atomic E-state index is 0.00487. The van der Waals surface area contributed by atoms with E-state index in [4.69, 9.17) is 14.5 Å². The van der Waals surface area contributed by atoms with Crippen molar-refractivity contribution in [2.24, 2.45) is 7.05 Å². The molecule has 0 saturated heterocycles. The summed E-state index contributed by atoms with van der Waals surface area (Å²) in [6.45, 7) is 8.78. The van der Waals surface area contributed by atoms with E-state index in [1.54, 1.807) is 18.1 Å². The zero-order valence-electron chi connectivity index (χ0n) is 24.7. The smallest absolute Gasteiger partial charge is 0.293 e. The second kappa shape index (κ2) is 11.9. The minimum atomic E-state index is -0.273. The van der Waals surface area contributed by atoms with Gasteiger partial charge in [-0.15, -0.1) is 0 Å². The van der Waals surface area contributed by atoms with Gasteiger partial charge in [-0.3, -0.25) is 14.5 Å². The van der Waals surface area contributed by atoms with Crippen molar-refractivity contribution >= 4 is 17.4 Å². The van der Waals surface area contributed by atoms with Crippen LogP contribution < -0.4 is 15.8 Å². The third kappa shape index (κ3) is 6.22. The average molecular weight is 565 g/mol. The van der Waals surface area contributed by atoms with Gasteiger partial charge in [0, 0.05) is 36.6 Å². The van der Waals surface area contributed by atoms with E-state index in [1.807, 2.05) is 55.5 Å². The fraction of sp³-hybridized carbons (Fsp3) is 0.265. The molecule has 5 rings (SSSR count). The van der Waals surface area contributed by atoms with Gasteiger partial charge in [-0.05, 0) is 54.5 Å². The summed E-state index contributed by atoms with van der Waals surface area (Å²) in [5.74, 6) is 0.383. The number of rotatable bonds is 7. The first kappa shape index (κ1) is 28.7. The first-order valence-corrected chi connectivity index (χ1v) is 14.0. The van der Waals surface area contributed by atoms with Crippen LogP contribution in [-0.2, 0) is 21.9 Å². The summed E-state index contributed by atoms with van der Waals surface area (Å²) >= 11 is 0. The van der Waals surface area contributed by atoms with Crippen LogP contribution in [0.15, 0.2) is 102 Å². The molecule has 1 amide bonds. The highest BCUT2D eigenvalue weighted by molar-refractivity contribution is 6.05. The number of hydrogen-bond donors (Lipinski definition) is 1. The number of anilines is 2. The van der Waals surface area contributed by atoms with E-state index in [1.165, 1.54) is 23.4 Å². The van der Waals surface area contributed by atoms with Crippen molar-refractivity contribution in [1.29, 1.82) is 0 Å². The summed E-state index contributed by atoms with van der Waals surface area (Å²) in [4.78, 5) is 33.2. The standard InChI is InChI=1S/C34H36N4O4/c1-23-27(12-9-13-28(23)36-32(39)25-14-16-26(17-15-25)34(2,3)4)29-21-37(5)33(40)31(35-29)38(30-22-41-18-19-42-30)20-24-10-7-6-8-11-24/h6-7,9-10,12-19,21-22H,8,11,20H2,1-5H3,(H,36,39). The fourth-order valence-electron chi connectivity index (χ4n) is 4.89. The number of benzene rings is 2. The Balaban J connectivity index is 1.48. The first-order valence-electron chi connectivity index (χ1n) is 14.0. The molecule has 42 heavy (non-hydrogen) atoms. The monoisotopic (exact) mass is 564 g/mol. The fourth-order valence-corrected chi connectivity index (χ4v) is 4.89. The van der Waals surface area contributed by atoms with Crippen molar-refractivity contribution < 1.29 is 14.3 Å². The van der Waals surface area contributed by atoms with Crippen LogP contribution in [0.4, 0.5) is 11.5 Å². The van der Waals surface area contributed by atoms with Gasteiger partial charge >= 0.3 is 0 Å². The number of ether oxygens (including phenoxy) is 2. The Hall–Kier alpha value is -4.85. The summed E-state index contributed by atoms with van der Waals surface area (Å²) in [7, 11) is 1.70. The molecule has 3 aromatic rings. The molecule has 0 radical (unpaired) electrons. The lowest BCUT2D eigenvalue weighted by molar-refractivity contribution is 0.102. The number of carbonyl (C=O) groups is 1. The van der Waals surface area contributed by atoms with Gasteiger partial charge < -0.3 is 19.4 Å². The van der Waals surface area contributed by atoms with Gasteiger partial charge in [0.25, 0.3) is 11.5 Å². The largest absolute Gasteiger partial charge is 0.464 e. The number of hydrogen-bond acceptors (Lipinski definition) is 6. The van der Waals surface area contributed by atoms with Crippen LogP contribution in [0.5, 0.6) is 0 Å². The number of nitrogens with one attached hydrogen (secondary N) is 1. The topological polar surface area (TPSA) is 85.7 Å². The molecule has 2 aromatic carbocycles. The maximum atomic E-state index is 13.4. The molecular weight excluding hydrogens is 528 g/mol. The SMILES string of the molecule is Cc1c(NC(=O)c2ccc(C(C)(C)C)cc2)cccc1-c1cn(C)c(=O)c(N(CC2=CC=CCC2)C2=COC=CO2)n1. The molecule has 8 heteroatoms. The molecule has 0 fully saturated rings. The average Bonchev–Trinajstić information content (AvgIpc) is 2.99. The van der Waals surface area contributed by atoms with Crippen molar-refractivity contribution in [1.82, 2.24) is 9.55 Å². The number of aromatic nitrogens is 2. The Labute approximate surface area is 246 Å². The first-order chi connectivity index (χ1) is 20.1. The quantitative estimate of drug-likeness (QED) is 0.344. The number of allylic oxidation sites excluding steroid dienone is 3. The number of nitrogens with zero attached hydrogens (tertiary/aromatic N) is 3. The van der Waals surface area contributed by atoms with Crippen LogP contribution in [0, 0.1) is 6.92 Å². The molecule has 1 aliphatic carbocycles. The highest BCUT2D eigenvalue weighted by Crippen LogP contribution is 2.30. The van der Waals surface area contributed by atoms with Gasteiger partial charge in [-0.25, -0.2) is 4.98 Å². The maximum Gasteiger partial charge on any atom is 0.293 e. The molecule has 2 heterocycles. The molecular formula is C34H36N4O4. The summed E-state index contributed by atoms with van der Waals surface area (Å²) in [5, 5.41) is 3.05. The molecule has 8 nitrogen and oxygen atoms in total. The van der Waals surface area contributed by atoms with E-state index in [0.29, 0.717) is 29.4 Å². The van der Waals surface area contributed by atoms with E-state index in [9.17, 15) is 9.59 Å². The van der Waals surface area contributed by atoms with Gasteiger partial charge in [0.15, 0.2) is 6.26 Å². The molecule has 2 aliphatic rings. The van der Waals surface area contributed by atoms with E-state index in [-0.39, 0.29) is 22.7 Å². The van der Waals surface area contributed by atoms with Gasteiger partial charge in [0.1, 0.15) is 12.5 Å². The van der Waals surface area contributed by atoms with Crippen LogP contribution in [0.3, 0.4) is 0 Å². The Morgan fingerprint density at radius 2 is 1.90 bits per heavy atom. The zero-order chi connectivity index (χ0) is 29.9. The van der Waals surface area contributed by atoms with Crippen molar-refractivity contribution in [3.63, 3.8) is 0 Å². The number of aryl methyl sites for hydroxylation is 1. The lowest BCUT2D eigenvalue weighted by Gasteiger charge is -2.27. The highest BCUT2D eigenvalue weighted by Gasteiger charge is 2.24. The normalized spacial score (nSPS) is 14.4. The van der Waals surface area contributed by atoms with Gasteiger partial charge in [0.05, 0.1) is 5.69 Å². The van der Waals surface area contributed by atoms with Gasteiger partial charge in [0.2, 0.25) is 11.7 Å². The molecule has 1 aromatic heterocycles. The molecule has 0 spiro atoms. The summed E-state index contributed by atoms with van der Waals surface area (Å²) in [5.41, 5.74) is 5.50. The Kier molecular flexibility index (Phi) is 8.15. The molecule has 0 saturated carbocycles. The van der Waals surface area contributed by atoms with E-state index < -0.39 is 0 Å². The Bertz CT molecular complexity index is 1670. The van der Waals surface area contributed by atoms with Crippen LogP contribution >= 0.6 is 0 Å². The van der Waals surface area contributed by atoms with Crippen molar-refractivity contribution in [2.45, 2.75) is 46.0 Å². The maximum absolute atomic E-state index is 13.4. The summed E-state index contributed by atoms with van der Waals surface area (Å²) in [6.07, 6.45) is 14.0. The lowest BCUT2D eigenvalue weighted by atomic mass is 9.86. The predicted octanol–water partition coefficient (Wildman–Crippen LogP) is 6.71. The van der Waals surface area contributed by atoms with Gasteiger partial charge in [-0.1, -0.05) is 68.8 Å². The second-order valence-corrected chi connectivity index (χ2v) is 11.5. The molecule has 0 unspecified atom stereocenters. The highest BCUT2D eigenvalue weighted by atomic mass is 16.5. The molecule has 0 bridgehead atoms. The Morgan fingerprint density at radius 1 is 1.12 bits per heavy atom. The van der Waals surface area contributed by atoms with Gasteiger partial charge in [-0.2, -0.15) is 0 Å². The Morgan fingerprint density at radius 3 is 2.57 bits per heavy atom. The summed E-state index contributed by atoms with van der Waals surface area (Å²) < 4.78 is 12.6. The predicted molar refractivity (Wildman–Crippen MR) is 166 cm³/mol. The van der Waals surface area contributed by atoms with Crippen LogP contribution in [-0.4, -0.2) is 22.0 Å². The second-order valence-electron chi connectivity index (χ2n) is 11.5. The molecule has 0 atom stereocenters. The zero-order valence-corrected chi connectivity index (χ0v) is 24.7. The third-order valence-corrected chi connectivity index (χ3v) is 7.40.